The van der Waals surface area contributed by atoms with Crippen LogP contribution in [0.5, 0.6) is 0 Å². The average Bonchev–Trinajstić information content (AvgIpc) is 2.36. The van der Waals surface area contributed by atoms with Crippen LogP contribution in [0.3, 0.4) is 0 Å². The van der Waals surface area contributed by atoms with Crippen LogP contribution in [0.1, 0.15) is 45.1 Å². The summed E-state index contributed by atoms with van der Waals surface area (Å²) in [4.78, 5) is 0. The van der Waals surface area contributed by atoms with E-state index in [-0.39, 0.29) is 0 Å². The van der Waals surface area contributed by atoms with E-state index in [4.69, 9.17) is 11.6 Å². The number of benzene rings is 1. The van der Waals surface area contributed by atoms with Crippen LogP contribution in [0.15, 0.2) is 24.3 Å². The van der Waals surface area contributed by atoms with Crippen molar-refractivity contribution in [3.05, 3.63) is 34.9 Å². The van der Waals surface area contributed by atoms with Crippen molar-refractivity contribution in [2.75, 3.05) is 7.05 Å². The largest absolute Gasteiger partial charge is 0.316 e. The molecule has 0 aromatic heterocycles. The highest BCUT2D eigenvalue weighted by Gasteiger charge is 2.57. The third-order valence-corrected chi connectivity index (χ3v) is 5.36. The van der Waals surface area contributed by atoms with Crippen molar-refractivity contribution in [1.29, 1.82) is 0 Å². The zero-order valence-electron chi connectivity index (χ0n) is 11.8. The molecule has 0 heterocycles. The minimum absolute atomic E-state index is 0.388. The molecule has 0 spiro atoms. The molecule has 1 saturated carbocycles. The highest BCUT2D eigenvalue weighted by molar-refractivity contribution is 6.30. The van der Waals surface area contributed by atoms with Crippen LogP contribution in [-0.2, 0) is 0 Å². The summed E-state index contributed by atoms with van der Waals surface area (Å²) in [7, 11) is 2.09. The minimum atomic E-state index is 0.388. The highest BCUT2D eigenvalue weighted by Crippen LogP contribution is 2.60. The summed E-state index contributed by atoms with van der Waals surface area (Å²) in [6, 6.07) is 9.04. The first-order valence-electron chi connectivity index (χ1n) is 7.03. The predicted molar refractivity (Wildman–Crippen MR) is 79.2 cm³/mol. The topological polar surface area (TPSA) is 12.0 Å². The first-order valence-corrected chi connectivity index (χ1v) is 7.41. The second-order valence-corrected chi connectivity index (χ2v) is 6.03. The summed E-state index contributed by atoms with van der Waals surface area (Å²) in [6.45, 7) is 6.99. The van der Waals surface area contributed by atoms with Crippen molar-refractivity contribution in [1.82, 2.24) is 5.32 Å². The summed E-state index contributed by atoms with van der Waals surface area (Å²) >= 11 is 6.15. The number of hydrogen-bond acceptors (Lipinski definition) is 1. The van der Waals surface area contributed by atoms with Crippen LogP contribution >= 0.6 is 11.6 Å². The molecule has 100 valence electrons. The Bertz CT molecular complexity index is 411. The zero-order valence-corrected chi connectivity index (χ0v) is 12.6. The van der Waals surface area contributed by atoms with Gasteiger partial charge >= 0.3 is 0 Å². The van der Waals surface area contributed by atoms with Gasteiger partial charge in [0.15, 0.2) is 0 Å². The maximum absolute atomic E-state index is 6.15. The third-order valence-electron chi connectivity index (χ3n) is 5.13. The fraction of sp³-hybridized carbons (Fsp3) is 0.625. The van der Waals surface area contributed by atoms with E-state index in [2.05, 4.69) is 51.3 Å². The van der Waals surface area contributed by atoms with Crippen LogP contribution in [-0.4, -0.2) is 13.1 Å². The molecular formula is C16H24ClN. The Balaban J connectivity index is 2.37. The molecular weight excluding hydrogens is 242 g/mol. The van der Waals surface area contributed by atoms with Gasteiger partial charge in [-0.15, -0.1) is 0 Å². The molecule has 3 unspecified atom stereocenters. The molecule has 1 aromatic carbocycles. The molecule has 18 heavy (non-hydrogen) atoms. The molecule has 1 nitrogen and oxygen atoms in total. The molecule has 1 aromatic rings. The van der Waals surface area contributed by atoms with Gasteiger partial charge in [0, 0.05) is 11.1 Å². The first-order chi connectivity index (χ1) is 8.60. The summed E-state index contributed by atoms with van der Waals surface area (Å²) in [5, 5.41) is 4.38. The molecule has 3 atom stereocenters. The molecule has 1 aliphatic rings. The van der Waals surface area contributed by atoms with Gasteiger partial charge in [-0.1, -0.05) is 44.5 Å². The van der Waals surface area contributed by atoms with Gasteiger partial charge in [-0.2, -0.15) is 0 Å². The van der Waals surface area contributed by atoms with E-state index in [0.717, 1.165) is 5.02 Å². The van der Waals surface area contributed by atoms with E-state index in [1.54, 1.807) is 0 Å². The van der Waals surface area contributed by atoms with Crippen LogP contribution in [0.25, 0.3) is 0 Å². The monoisotopic (exact) mass is 265 g/mol. The van der Waals surface area contributed by atoms with Gasteiger partial charge in [0.1, 0.15) is 0 Å². The minimum Gasteiger partial charge on any atom is -0.316 e. The molecule has 0 amide bonds. The van der Waals surface area contributed by atoms with Crippen LogP contribution in [0, 0.1) is 11.3 Å². The normalized spacial score (nSPS) is 29.9. The summed E-state index contributed by atoms with van der Waals surface area (Å²) < 4.78 is 0. The van der Waals surface area contributed by atoms with Crippen LogP contribution in [0.4, 0.5) is 0 Å². The standard InChI is InChI=1S/C16H24ClN/c1-5-16(6-2)14(11(3)15(16)18-4)12-8-7-9-13(17)10-12/h7-11,14-15,18H,5-6H2,1-4H3. The van der Waals surface area contributed by atoms with Crippen LogP contribution < -0.4 is 5.32 Å². The lowest BCUT2D eigenvalue weighted by molar-refractivity contribution is -0.0356. The molecule has 2 heteroatoms. The Morgan fingerprint density at radius 2 is 1.94 bits per heavy atom. The van der Waals surface area contributed by atoms with E-state index < -0.39 is 0 Å². The van der Waals surface area contributed by atoms with Crippen molar-refractivity contribution >= 4 is 11.6 Å². The Labute approximate surface area is 116 Å². The smallest absolute Gasteiger partial charge is 0.0408 e. The Morgan fingerprint density at radius 1 is 1.28 bits per heavy atom. The lowest BCUT2D eigenvalue weighted by atomic mass is 9.46. The number of halogens is 1. The SMILES string of the molecule is CCC1(CC)C(NC)C(C)C1c1cccc(Cl)c1. The average molecular weight is 266 g/mol. The fourth-order valence-corrected chi connectivity index (χ4v) is 4.53. The lowest BCUT2D eigenvalue weighted by Crippen LogP contribution is -2.63. The molecule has 1 N–H and O–H groups in total. The zero-order chi connectivity index (χ0) is 13.3. The van der Waals surface area contributed by atoms with E-state index in [1.165, 1.54) is 18.4 Å². The molecule has 1 aliphatic carbocycles. The van der Waals surface area contributed by atoms with Gasteiger partial charge in [-0.25, -0.2) is 0 Å². The number of nitrogens with one attached hydrogen (secondary N) is 1. The van der Waals surface area contributed by atoms with Crippen molar-refractivity contribution in [2.45, 2.75) is 45.6 Å². The quantitative estimate of drug-likeness (QED) is 0.847. The van der Waals surface area contributed by atoms with Gasteiger partial charge in [0.2, 0.25) is 0 Å². The number of rotatable bonds is 4. The van der Waals surface area contributed by atoms with Gasteiger partial charge in [0.25, 0.3) is 0 Å². The van der Waals surface area contributed by atoms with Gasteiger partial charge < -0.3 is 5.32 Å². The Hall–Kier alpha value is -0.530. The predicted octanol–water partition coefficient (Wildman–Crippen LogP) is 4.47. The molecule has 1 fully saturated rings. The molecule has 0 aliphatic heterocycles. The maximum atomic E-state index is 6.15. The first kappa shape index (κ1) is 13.9. The Morgan fingerprint density at radius 3 is 2.44 bits per heavy atom. The van der Waals surface area contributed by atoms with Crippen molar-refractivity contribution in [2.24, 2.45) is 11.3 Å². The van der Waals surface area contributed by atoms with Crippen LogP contribution in [0.2, 0.25) is 5.02 Å². The molecule has 0 radical (unpaired) electrons. The lowest BCUT2D eigenvalue weighted by Gasteiger charge is -2.61. The van der Waals surface area contributed by atoms with Crippen molar-refractivity contribution in [3.8, 4) is 0 Å². The molecule has 0 bridgehead atoms. The molecule has 0 saturated heterocycles. The van der Waals surface area contributed by atoms with E-state index in [0.29, 0.717) is 23.3 Å². The molecule has 2 rings (SSSR count). The van der Waals surface area contributed by atoms with Crippen molar-refractivity contribution < 1.29 is 0 Å². The second kappa shape index (κ2) is 5.22. The summed E-state index contributed by atoms with van der Waals surface area (Å²) in [5.74, 6) is 1.30. The second-order valence-electron chi connectivity index (χ2n) is 5.60. The summed E-state index contributed by atoms with van der Waals surface area (Å²) in [5.41, 5.74) is 1.80. The third kappa shape index (κ3) is 1.88. The van der Waals surface area contributed by atoms with Gasteiger partial charge in [-0.05, 0) is 54.8 Å². The van der Waals surface area contributed by atoms with E-state index >= 15 is 0 Å². The van der Waals surface area contributed by atoms with Gasteiger partial charge in [0.05, 0.1) is 0 Å². The van der Waals surface area contributed by atoms with Crippen molar-refractivity contribution in [3.63, 3.8) is 0 Å². The Kier molecular flexibility index (Phi) is 4.03. The highest BCUT2D eigenvalue weighted by atomic mass is 35.5. The van der Waals surface area contributed by atoms with E-state index in [9.17, 15) is 0 Å². The maximum Gasteiger partial charge on any atom is 0.0408 e. The number of hydrogen-bond donors (Lipinski definition) is 1. The summed E-state index contributed by atoms with van der Waals surface area (Å²) in [6.07, 6.45) is 2.44. The van der Waals surface area contributed by atoms with E-state index in [1.807, 2.05) is 6.07 Å². The van der Waals surface area contributed by atoms with Gasteiger partial charge in [-0.3, -0.25) is 0 Å². The fourth-order valence-electron chi connectivity index (χ4n) is 4.33.